The Kier molecular flexibility index (Phi) is 3.78. The first-order valence-electron chi connectivity index (χ1n) is 6.17. The normalized spacial score (nSPS) is 15.1. The molecule has 3 nitrogen and oxygen atoms in total. The number of aromatic nitrogens is 1. The van der Waals surface area contributed by atoms with Gasteiger partial charge < -0.3 is 10.2 Å². The summed E-state index contributed by atoms with van der Waals surface area (Å²) in [5, 5.41) is 3.30. The minimum atomic E-state index is 0.863. The lowest BCUT2D eigenvalue weighted by Gasteiger charge is -2.18. The highest BCUT2D eigenvalue weighted by molar-refractivity contribution is 5.38. The lowest BCUT2D eigenvalue weighted by Crippen LogP contribution is -2.22. The average Bonchev–Trinajstić information content (AvgIpc) is 3.10. The van der Waals surface area contributed by atoms with Crippen LogP contribution in [0.4, 0.5) is 5.82 Å². The molecule has 0 bridgehead atoms. The van der Waals surface area contributed by atoms with Gasteiger partial charge in [-0.15, -0.1) is 0 Å². The summed E-state index contributed by atoms with van der Waals surface area (Å²) in [4.78, 5) is 6.93. The zero-order valence-corrected chi connectivity index (χ0v) is 10.2. The Balaban J connectivity index is 1.96. The van der Waals surface area contributed by atoms with Gasteiger partial charge in [-0.3, -0.25) is 0 Å². The maximum absolute atomic E-state index is 4.65. The molecule has 0 aliphatic heterocycles. The van der Waals surface area contributed by atoms with Crippen molar-refractivity contribution in [3.8, 4) is 0 Å². The first-order chi connectivity index (χ1) is 7.79. The first kappa shape index (κ1) is 11.4. The molecule has 1 fully saturated rings. The highest BCUT2D eigenvalue weighted by atomic mass is 15.2. The fourth-order valence-electron chi connectivity index (χ4n) is 1.81. The van der Waals surface area contributed by atoms with Crippen LogP contribution >= 0.6 is 0 Å². The second kappa shape index (κ2) is 5.30. The van der Waals surface area contributed by atoms with Crippen molar-refractivity contribution in [2.75, 3.05) is 25.0 Å². The van der Waals surface area contributed by atoms with E-state index >= 15 is 0 Å². The van der Waals surface area contributed by atoms with Crippen LogP contribution in [0.2, 0.25) is 0 Å². The van der Waals surface area contributed by atoms with E-state index in [2.05, 4.69) is 47.4 Å². The average molecular weight is 219 g/mol. The Hall–Kier alpha value is -1.09. The summed E-state index contributed by atoms with van der Waals surface area (Å²) >= 11 is 0. The van der Waals surface area contributed by atoms with E-state index in [0.29, 0.717) is 0 Å². The van der Waals surface area contributed by atoms with Crippen molar-refractivity contribution in [3.05, 3.63) is 23.9 Å². The molecule has 0 saturated heterocycles. The zero-order chi connectivity index (χ0) is 11.4. The fourth-order valence-corrected chi connectivity index (χ4v) is 1.81. The van der Waals surface area contributed by atoms with E-state index in [4.69, 9.17) is 0 Å². The summed E-state index contributed by atoms with van der Waals surface area (Å²) in [5.41, 5.74) is 1.13. The molecule has 0 aromatic carbocycles. The number of hydrogen-bond donors (Lipinski definition) is 1. The van der Waals surface area contributed by atoms with Gasteiger partial charge >= 0.3 is 0 Å². The van der Waals surface area contributed by atoms with Gasteiger partial charge in [0.15, 0.2) is 0 Å². The molecule has 1 N–H and O–H groups in total. The Morgan fingerprint density at radius 2 is 2.25 bits per heavy atom. The molecule has 1 aromatic rings. The summed E-state index contributed by atoms with van der Waals surface area (Å²) in [7, 11) is 2.14. The molecule has 16 heavy (non-hydrogen) atoms. The smallest absolute Gasteiger partial charge is 0.128 e. The van der Waals surface area contributed by atoms with Crippen molar-refractivity contribution in [3.63, 3.8) is 0 Å². The SMILES string of the molecule is CCNCc1cccc(N(C)CC2CC2)n1. The molecule has 3 heteroatoms. The third kappa shape index (κ3) is 3.20. The van der Waals surface area contributed by atoms with Crippen LogP contribution < -0.4 is 10.2 Å². The van der Waals surface area contributed by atoms with E-state index in [9.17, 15) is 0 Å². The van der Waals surface area contributed by atoms with Crippen LogP contribution in [0.3, 0.4) is 0 Å². The van der Waals surface area contributed by atoms with E-state index in [1.165, 1.54) is 12.8 Å². The number of hydrogen-bond acceptors (Lipinski definition) is 3. The van der Waals surface area contributed by atoms with Crippen molar-refractivity contribution in [1.82, 2.24) is 10.3 Å². The van der Waals surface area contributed by atoms with Crippen molar-refractivity contribution in [2.24, 2.45) is 5.92 Å². The minimum Gasteiger partial charge on any atom is -0.359 e. The Morgan fingerprint density at radius 3 is 2.94 bits per heavy atom. The molecule has 2 rings (SSSR count). The van der Waals surface area contributed by atoms with Crippen LogP contribution in [0, 0.1) is 5.92 Å². The van der Waals surface area contributed by atoms with E-state index in [-0.39, 0.29) is 0 Å². The number of nitrogens with one attached hydrogen (secondary N) is 1. The lowest BCUT2D eigenvalue weighted by atomic mass is 10.3. The summed E-state index contributed by atoms with van der Waals surface area (Å²) in [6.45, 7) is 5.12. The molecule has 1 aromatic heterocycles. The number of nitrogens with zero attached hydrogens (tertiary/aromatic N) is 2. The molecule has 0 amide bonds. The molecule has 1 aliphatic rings. The summed E-state index contributed by atoms with van der Waals surface area (Å²) in [6, 6.07) is 6.27. The van der Waals surface area contributed by atoms with Crippen LogP contribution in [0.15, 0.2) is 18.2 Å². The van der Waals surface area contributed by atoms with Gasteiger partial charge in [-0.2, -0.15) is 0 Å². The predicted molar refractivity (Wildman–Crippen MR) is 67.6 cm³/mol. The van der Waals surface area contributed by atoms with Gasteiger partial charge in [-0.25, -0.2) is 4.98 Å². The summed E-state index contributed by atoms with van der Waals surface area (Å²) in [5.74, 6) is 2.01. The molecule has 88 valence electrons. The fraction of sp³-hybridized carbons (Fsp3) is 0.615. The van der Waals surface area contributed by atoms with Crippen molar-refractivity contribution in [1.29, 1.82) is 0 Å². The van der Waals surface area contributed by atoms with Crippen LogP contribution in [0.5, 0.6) is 0 Å². The third-order valence-electron chi connectivity index (χ3n) is 2.97. The quantitative estimate of drug-likeness (QED) is 0.793. The lowest BCUT2D eigenvalue weighted by molar-refractivity contribution is 0.706. The van der Waals surface area contributed by atoms with E-state index in [1.54, 1.807) is 0 Å². The zero-order valence-electron chi connectivity index (χ0n) is 10.2. The van der Waals surface area contributed by atoms with E-state index in [1.807, 2.05) is 0 Å². The molecule has 0 atom stereocenters. The van der Waals surface area contributed by atoms with Gasteiger partial charge in [0.2, 0.25) is 0 Å². The molecular formula is C13H21N3. The van der Waals surface area contributed by atoms with Crippen LogP contribution in [0.1, 0.15) is 25.5 Å². The molecule has 1 saturated carbocycles. The van der Waals surface area contributed by atoms with E-state index in [0.717, 1.165) is 37.1 Å². The number of pyridine rings is 1. The van der Waals surface area contributed by atoms with Crippen LogP contribution in [-0.2, 0) is 6.54 Å². The Morgan fingerprint density at radius 1 is 1.44 bits per heavy atom. The third-order valence-corrected chi connectivity index (χ3v) is 2.97. The molecular weight excluding hydrogens is 198 g/mol. The second-order valence-electron chi connectivity index (χ2n) is 4.59. The van der Waals surface area contributed by atoms with Gasteiger partial charge in [0.25, 0.3) is 0 Å². The van der Waals surface area contributed by atoms with E-state index < -0.39 is 0 Å². The summed E-state index contributed by atoms with van der Waals surface area (Å²) in [6.07, 6.45) is 2.78. The Bertz CT molecular complexity index is 334. The van der Waals surface area contributed by atoms with Gasteiger partial charge in [0, 0.05) is 20.1 Å². The van der Waals surface area contributed by atoms with Gasteiger partial charge in [-0.1, -0.05) is 13.0 Å². The van der Waals surface area contributed by atoms with Crippen molar-refractivity contribution >= 4 is 5.82 Å². The van der Waals surface area contributed by atoms with Crippen LogP contribution in [-0.4, -0.2) is 25.1 Å². The first-order valence-corrected chi connectivity index (χ1v) is 6.17. The monoisotopic (exact) mass is 219 g/mol. The topological polar surface area (TPSA) is 28.2 Å². The Labute approximate surface area is 97.9 Å². The van der Waals surface area contributed by atoms with Gasteiger partial charge in [-0.05, 0) is 37.4 Å². The second-order valence-corrected chi connectivity index (χ2v) is 4.59. The highest BCUT2D eigenvalue weighted by Gasteiger charge is 2.23. The van der Waals surface area contributed by atoms with Crippen LogP contribution in [0.25, 0.3) is 0 Å². The number of anilines is 1. The van der Waals surface area contributed by atoms with Gasteiger partial charge in [0.1, 0.15) is 5.82 Å². The maximum atomic E-state index is 4.65. The predicted octanol–water partition coefficient (Wildman–Crippen LogP) is 2.04. The molecule has 0 spiro atoms. The van der Waals surface area contributed by atoms with Crippen molar-refractivity contribution < 1.29 is 0 Å². The highest BCUT2D eigenvalue weighted by Crippen LogP contribution is 2.30. The number of rotatable bonds is 6. The minimum absolute atomic E-state index is 0.863. The van der Waals surface area contributed by atoms with Gasteiger partial charge in [0.05, 0.1) is 5.69 Å². The standard InChI is InChI=1S/C13H21N3/c1-3-14-9-12-5-4-6-13(15-12)16(2)10-11-7-8-11/h4-6,11,14H,3,7-10H2,1-2H3. The summed E-state index contributed by atoms with van der Waals surface area (Å²) < 4.78 is 0. The largest absolute Gasteiger partial charge is 0.359 e. The molecule has 1 heterocycles. The maximum Gasteiger partial charge on any atom is 0.128 e. The molecule has 0 radical (unpaired) electrons. The molecule has 0 unspecified atom stereocenters. The molecule has 1 aliphatic carbocycles. The van der Waals surface area contributed by atoms with Crippen molar-refractivity contribution in [2.45, 2.75) is 26.3 Å².